The van der Waals surface area contributed by atoms with Crippen molar-refractivity contribution in [2.24, 2.45) is 0 Å². The van der Waals surface area contributed by atoms with Gasteiger partial charge in [0.1, 0.15) is 5.75 Å². The zero-order valence-electron chi connectivity index (χ0n) is 8.55. The molecule has 0 fully saturated rings. The molecule has 0 amide bonds. The molecule has 0 saturated carbocycles. The van der Waals surface area contributed by atoms with Crippen molar-refractivity contribution in [3.05, 3.63) is 52.9 Å². The van der Waals surface area contributed by atoms with Crippen LogP contribution < -0.4 is 4.74 Å². The highest BCUT2D eigenvalue weighted by atomic mass is 35.5. The van der Waals surface area contributed by atoms with Crippen LogP contribution in [0.4, 0.5) is 0 Å². The molecule has 0 unspecified atom stereocenters. The van der Waals surface area contributed by atoms with Gasteiger partial charge in [0, 0.05) is 5.02 Å². The molecule has 0 aliphatic rings. The standard InChI is InChI=1S/C12H7ClO4/c13-8-1-3-9(4-2-8)17-12(15)11-6-5-10(7-14)16-11/h1-7H. The monoisotopic (exact) mass is 250 g/mol. The lowest BCUT2D eigenvalue weighted by molar-refractivity contribution is 0.0700. The van der Waals surface area contributed by atoms with Gasteiger partial charge in [0.25, 0.3) is 0 Å². The Kier molecular flexibility index (Phi) is 3.25. The van der Waals surface area contributed by atoms with E-state index in [-0.39, 0.29) is 11.5 Å². The maximum atomic E-state index is 11.6. The molecule has 0 aliphatic heterocycles. The molecular formula is C12H7ClO4. The van der Waals surface area contributed by atoms with Gasteiger partial charge in [-0.1, -0.05) is 11.6 Å². The molecular weight excluding hydrogens is 244 g/mol. The van der Waals surface area contributed by atoms with Crippen LogP contribution in [0.1, 0.15) is 21.1 Å². The number of hydrogen-bond donors (Lipinski definition) is 0. The maximum absolute atomic E-state index is 11.6. The van der Waals surface area contributed by atoms with Crippen LogP contribution in [0.25, 0.3) is 0 Å². The Labute approximate surface area is 102 Å². The number of furan rings is 1. The molecule has 0 saturated heterocycles. The highest BCUT2D eigenvalue weighted by Crippen LogP contribution is 2.17. The van der Waals surface area contributed by atoms with E-state index in [0.717, 1.165) is 0 Å². The summed E-state index contributed by atoms with van der Waals surface area (Å²) in [5.74, 6) is -0.265. The Bertz CT molecular complexity index is 542. The number of carbonyl (C=O) groups is 2. The first kappa shape index (κ1) is 11.4. The highest BCUT2D eigenvalue weighted by Gasteiger charge is 2.13. The van der Waals surface area contributed by atoms with Gasteiger partial charge in [0.2, 0.25) is 5.76 Å². The predicted molar refractivity (Wildman–Crippen MR) is 60.5 cm³/mol. The van der Waals surface area contributed by atoms with E-state index < -0.39 is 5.97 Å². The molecule has 0 spiro atoms. The Morgan fingerprint density at radius 2 is 1.88 bits per heavy atom. The van der Waals surface area contributed by atoms with Crippen molar-refractivity contribution in [1.29, 1.82) is 0 Å². The lowest BCUT2D eigenvalue weighted by atomic mass is 10.3. The van der Waals surface area contributed by atoms with Crippen LogP contribution in [0.15, 0.2) is 40.8 Å². The van der Waals surface area contributed by atoms with E-state index in [1.54, 1.807) is 24.3 Å². The van der Waals surface area contributed by atoms with Gasteiger partial charge in [-0.3, -0.25) is 4.79 Å². The fourth-order valence-corrected chi connectivity index (χ4v) is 1.31. The molecule has 17 heavy (non-hydrogen) atoms. The van der Waals surface area contributed by atoms with Crippen molar-refractivity contribution in [2.75, 3.05) is 0 Å². The molecule has 0 aliphatic carbocycles. The quantitative estimate of drug-likeness (QED) is 0.477. The third-order valence-electron chi connectivity index (χ3n) is 1.97. The normalized spacial score (nSPS) is 9.94. The third kappa shape index (κ3) is 2.73. The molecule has 0 bridgehead atoms. The SMILES string of the molecule is O=Cc1ccc(C(=O)Oc2ccc(Cl)cc2)o1. The van der Waals surface area contributed by atoms with Crippen LogP contribution in [0.5, 0.6) is 5.75 Å². The number of aldehydes is 1. The van der Waals surface area contributed by atoms with Crippen molar-refractivity contribution in [3.8, 4) is 5.75 Å². The first-order valence-electron chi connectivity index (χ1n) is 4.72. The van der Waals surface area contributed by atoms with Crippen molar-refractivity contribution in [3.63, 3.8) is 0 Å². The van der Waals surface area contributed by atoms with Crippen LogP contribution in [0.3, 0.4) is 0 Å². The molecule has 1 aromatic heterocycles. The van der Waals surface area contributed by atoms with Gasteiger partial charge in [-0.2, -0.15) is 0 Å². The number of ether oxygens (including phenoxy) is 1. The van der Waals surface area contributed by atoms with Crippen LogP contribution in [-0.4, -0.2) is 12.3 Å². The maximum Gasteiger partial charge on any atom is 0.379 e. The molecule has 2 aromatic rings. The first-order chi connectivity index (χ1) is 8.19. The Balaban J connectivity index is 2.11. The molecule has 2 rings (SSSR count). The average Bonchev–Trinajstić information content (AvgIpc) is 2.81. The molecule has 5 heteroatoms. The van der Waals surface area contributed by atoms with Gasteiger partial charge in [0.05, 0.1) is 0 Å². The number of esters is 1. The third-order valence-corrected chi connectivity index (χ3v) is 2.22. The van der Waals surface area contributed by atoms with Crippen molar-refractivity contribution in [2.45, 2.75) is 0 Å². The fraction of sp³-hybridized carbons (Fsp3) is 0. The Morgan fingerprint density at radius 3 is 2.47 bits per heavy atom. The average molecular weight is 251 g/mol. The number of rotatable bonds is 3. The summed E-state index contributed by atoms with van der Waals surface area (Å²) in [5.41, 5.74) is 0. The second-order valence-electron chi connectivity index (χ2n) is 3.16. The van der Waals surface area contributed by atoms with E-state index in [2.05, 4.69) is 0 Å². The smallest absolute Gasteiger partial charge is 0.379 e. The second kappa shape index (κ2) is 4.84. The summed E-state index contributed by atoms with van der Waals surface area (Å²) in [6, 6.07) is 9.09. The summed E-state index contributed by atoms with van der Waals surface area (Å²) in [5, 5.41) is 0.547. The Hall–Kier alpha value is -2.07. The van der Waals surface area contributed by atoms with Gasteiger partial charge in [-0.05, 0) is 36.4 Å². The largest absolute Gasteiger partial charge is 0.446 e. The van der Waals surface area contributed by atoms with Crippen LogP contribution in [-0.2, 0) is 0 Å². The lowest BCUT2D eigenvalue weighted by Gasteiger charge is -2.01. The summed E-state index contributed by atoms with van der Waals surface area (Å²) < 4.78 is 9.93. The molecule has 1 aromatic carbocycles. The van der Waals surface area contributed by atoms with Crippen LogP contribution in [0.2, 0.25) is 5.02 Å². The lowest BCUT2D eigenvalue weighted by Crippen LogP contribution is -2.06. The van der Waals surface area contributed by atoms with E-state index in [1.807, 2.05) is 0 Å². The van der Waals surface area contributed by atoms with Crippen LogP contribution >= 0.6 is 11.6 Å². The summed E-state index contributed by atoms with van der Waals surface area (Å²) >= 11 is 5.69. The van der Waals surface area contributed by atoms with E-state index >= 15 is 0 Å². The molecule has 0 N–H and O–H groups in total. The summed E-state index contributed by atoms with van der Waals surface area (Å²) in [6.45, 7) is 0. The summed E-state index contributed by atoms with van der Waals surface area (Å²) in [4.78, 5) is 21.9. The number of carbonyl (C=O) groups excluding carboxylic acids is 2. The zero-order valence-corrected chi connectivity index (χ0v) is 9.31. The minimum absolute atomic E-state index is 0.0259. The molecule has 86 valence electrons. The van der Waals surface area contributed by atoms with Crippen molar-refractivity contribution >= 4 is 23.9 Å². The van der Waals surface area contributed by atoms with Gasteiger partial charge in [-0.25, -0.2) is 4.79 Å². The van der Waals surface area contributed by atoms with E-state index in [4.69, 9.17) is 20.8 Å². The highest BCUT2D eigenvalue weighted by molar-refractivity contribution is 6.30. The van der Waals surface area contributed by atoms with Crippen molar-refractivity contribution < 1.29 is 18.7 Å². The molecule has 1 heterocycles. The molecule has 0 atom stereocenters. The number of benzene rings is 1. The number of hydrogen-bond acceptors (Lipinski definition) is 4. The zero-order chi connectivity index (χ0) is 12.3. The number of halogens is 1. The van der Waals surface area contributed by atoms with E-state index in [1.165, 1.54) is 12.1 Å². The van der Waals surface area contributed by atoms with Crippen molar-refractivity contribution in [1.82, 2.24) is 0 Å². The fourth-order valence-electron chi connectivity index (χ4n) is 1.19. The summed E-state index contributed by atoms with van der Waals surface area (Å²) in [6.07, 6.45) is 0.513. The van der Waals surface area contributed by atoms with E-state index in [9.17, 15) is 9.59 Å². The minimum Gasteiger partial charge on any atom is -0.446 e. The van der Waals surface area contributed by atoms with E-state index in [0.29, 0.717) is 17.1 Å². The van der Waals surface area contributed by atoms with Gasteiger partial charge in [0.15, 0.2) is 12.0 Å². The Morgan fingerprint density at radius 1 is 1.18 bits per heavy atom. The molecule has 0 radical (unpaired) electrons. The topological polar surface area (TPSA) is 56.5 Å². The predicted octanol–water partition coefficient (Wildman–Crippen LogP) is 2.96. The first-order valence-corrected chi connectivity index (χ1v) is 5.09. The minimum atomic E-state index is -0.666. The second-order valence-corrected chi connectivity index (χ2v) is 3.60. The van der Waals surface area contributed by atoms with Gasteiger partial charge < -0.3 is 9.15 Å². The van der Waals surface area contributed by atoms with Gasteiger partial charge >= 0.3 is 5.97 Å². The van der Waals surface area contributed by atoms with Crippen LogP contribution in [0, 0.1) is 0 Å². The molecule has 4 nitrogen and oxygen atoms in total. The summed E-state index contributed by atoms with van der Waals surface area (Å²) in [7, 11) is 0. The van der Waals surface area contributed by atoms with Gasteiger partial charge in [-0.15, -0.1) is 0 Å².